The Labute approximate surface area is 122 Å². The van der Waals surface area contributed by atoms with Crippen LogP contribution in [0.3, 0.4) is 0 Å². The molecule has 1 aliphatic heterocycles. The van der Waals surface area contributed by atoms with Gasteiger partial charge in [0.15, 0.2) is 0 Å². The largest absolute Gasteiger partial charge is 0.385 e. The van der Waals surface area contributed by atoms with Crippen molar-refractivity contribution in [3.05, 3.63) is 0 Å². The summed E-state index contributed by atoms with van der Waals surface area (Å²) >= 11 is 0. The molecule has 1 saturated heterocycles. The van der Waals surface area contributed by atoms with Crippen molar-refractivity contribution in [2.45, 2.75) is 57.9 Å². The monoisotopic (exact) mass is 284 g/mol. The van der Waals surface area contributed by atoms with Crippen LogP contribution in [0.4, 0.5) is 0 Å². The van der Waals surface area contributed by atoms with Gasteiger partial charge in [0.2, 0.25) is 11.8 Å². The summed E-state index contributed by atoms with van der Waals surface area (Å²) in [5, 5.41) is 2.93. The third kappa shape index (κ3) is 4.20. The van der Waals surface area contributed by atoms with Gasteiger partial charge in [0.25, 0.3) is 0 Å². The summed E-state index contributed by atoms with van der Waals surface area (Å²) in [6, 6.07) is 0. The van der Waals surface area contributed by atoms with Crippen molar-refractivity contribution in [2.75, 3.05) is 26.8 Å². The van der Waals surface area contributed by atoms with Gasteiger partial charge in [0, 0.05) is 33.2 Å². The minimum Gasteiger partial charge on any atom is -0.385 e. The lowest BCUT2D eigenvalue weighted by atomic mass is 9.91. The maximum Gasteiger partial charge on any atom is 0.248 e. The Bertz CT molecular complexity index is 327. The van der Waals surface area contributed by atoms with Crippen molar-refractivity contribution in [1.82, 2.24) is 10.2 Å². The molecule has 0 aromatic rings. The van der Waals surface area contributed by atoms with E-state index in [1.165, 1.54) is 0 Å². The molecule has 0 bridgehead atoms. The maximum atomic E-state index is 12.7. The number of nitrogens with zero attached hydrogens (tertiary/aromatic N) is 1. The summed E-state index contributed by atoms with van der Waals surface area (Å²) in [6.07, 6.45) is 4.73. The first-order chi connectivity index (χ1) is 9.59. The summed E-state index contributed by atoms with van der Waals surface area (Å²) in [5.41, 5.74) is -0.694. The molecular formula is C15H28N2O3. The van der Waals surface area contributed by atoms with E-state index >= 15 is 0 Å². The molecule has 0 saturated carbocycles. The quantitative estimate of drug-likeness (QED) is 0.690. The van der Waals surface area contributed by atoms with Crippen LogP contribution >= 0.6 is 0 Å². The lowest BCUT2D eigenvalue weighted by molar-refractivity contribution is -0.139. The molecule has 1 heterocycles. The number of methoxy groups -OCH3 is 1. The van der Waals surface area contributed by atoms with E-state index in [2.05, 4.69) is 5.32 Å². The third-order valence-corrected chi connectivity index (χ3v) is 4.17. The first-order valence-electron chi connectivity index (χ1n) is 7.69. The second-order valence-corrected chi connectivity index (χ2v) is 5.43. The van der Waals surface area contributed by atoms with E-state index in [-0.39, 0.29) is 11.8 Å². The highest BCUT2D eigenvalue weighted by molar-refractivity contribution is 5.93. The van der Waals surface area contributed by atoms with E-state index in [0.717, 1.165) is 32.4 Å². The fraction of sp³-hybridized carbons (Fsp3) is 0.867. The van der Waals surface area contributed by atoms with Crippen LogP contribution < -0.4 is 5.32 Å². The molecule has 0 atom stereocenters. The summed E-state index contributed by atoms with van der Waals surface area (Å²) < 4.78 is 5.02. The highest BCUT2D eigenvalue weighted by Crippen LogP contribution is 2.22. The van der Waals surface area contributed by atoms with E-state index in [9.17, 15) is 9.59 Å². The minimum absolute atomic E-state index is 0.0102. The van der Waals surface area contributed by atoms with E-state index in [1.54, 1.807) is 7.11 Å². The van der Waals surface area contributed by atoms with Gasteiger partial charge in [0.05, 0.1) is 0 Å². The van der Waals surface area contributed by atoms with E-state index in [0.29, 0.717) is 25.8 Å². The Morgan fingerprint density at radius 2 is 1.90 bits per heavy atom. The molecule has 0 aromatic heterocycles. The number of carbonyl (C=O) groups is 2. The van der Waals surface area contributed by atoms with E-state index in [4.69, 9.17) is 4.74 Å². The Kier molecular flexibility index (Phi) is 6.99. The predicted octanol–water partition coefficient (Wildman–Crippen LogP) is 1.71. The van der Waals surface area contributed by atoms with Crippen LogP contribution in [0.2, 0.25) is 0 Å². The normalized spacial score (nSPS) is 18.9. The number of amides is 2. The molecule has 5 nitrogen and oxygen atoms in total. The van der Waals surface area contributed by atoms with Gasteiger partial charge in [-0.3, -0.25) is 9.59 Å². The van der Waals surface area contributed by atoms with Crippen LogP contribution in [0.1, 0.15) is 52.4 Å². The van der Waals surface area contributed by atoms with Crippen LogP contribution in [0.15, 0.2) is 0 Å². The molecule has 0 radical (unpaired) electrons. The van der Waals surface area contributed by atoms with Crippen LogP contribution in [0.25, 0.3) is 0 Å². The average molecular weight is 284 g/mol. The standard InChI is InChI=1S/C15H28N2O3/c1-4-15(5-2)14(19)17(11-9-13(18)16-15)10-7-6-8-12-20-3/h4-12H2,1-3H3,(H,16,18). The van der Waals surface area contributed by atoms with Crippen LogP contribution in [0, 0.1) is 0 Å². The Balaban J connectivity index is 2.61. The first-order valence-corrected chi connectivity index (χ1v) is 7.69. The summed E-state index contributed by atoms with van der Waals surface area (Å²) in [6.45, 7) is 5.96. The highest BCUT2D eigenvalue weighted by Gasteiger charge is 2.41. The predicted molar refractivity (Wildman–Crippen MR) is 78.4 cm³/mol. The lowest BCUT2D eigenvalue weighted by Gasteiger charge is -2.33. The fourth-order valence-electron chi connectivity index (χ4n) is 2.69. The molecule has 1 fully saturated rings. The molecule has 20 heavy (non-hydrogen) atoms. The zero-order valence-electron chi connectivity index (χ0n) is 13.0. The van der Waals surface area contributed by atoms with Gasteiger partial charge in [-0.05, 0) is 32.1 Å². The Morgan fingerprint density at radius 3 is 2.50 bits per heavy atom. The van der Waals surface area contributed by atoms with Crippen molar-refractivity contribution >= 4 is 11.8 Å². The molecular weight excluding hydrogens is 256 g/mol. The Morgan fingerprint density at radius 1 is 1.20 bits per heavy atom. The van der Waals surface area contributed by atoms with Crippen LogP contribution in [-0.2, 0) is 14.3 Å². The number of unbranched alkanes of at least 4 members (excludes halogenated alkanes) is 2. The number of nitrogens with one attached hydrogen (secondary N) is 1. The number of carbonyl (C=O) groups excluding carboxylic acids is 2. The van der Waals surface area contributed by atoms with Gasteiger partial charge >= 0.3 is 0 Å². The highest BCUT2D eigenvalue weighted by atomic mass is 16.5. The molecule has 1 aliphatic rings. The topological polar surface area (TPSA) is 58.6 Å². The summed E-state index contributed by atoms with van der Waals surface area (Å²) in [7, 11) is 1.70. The molecule has 0 aromatic carbocycles. The zero-order chi connectivity index (χ0) is 15.0. The van der Waals surface area contributed by atoms with Gasteiger partial charge in [-0.1, -0.05) is 13.8 Å². The van der Waals surface area contributed by atoms with E-state index < -0.39 is 5.54 Å². The van der Waals surface area contributed by atoms with E-state index in [1.807, 2.05) is 18.7 Å². The lowest BCUT2D eigenvalue weighted by Crippen LogP contribution is -2.56. The SMILES string of the molecule is CCC1(CC)NC(=O)CCN(CCCCCOC)C1=O. The zero-order valence-corrected chi connectivity index (χ0v) is 13.0. The molecule has 2 amide bonds. The molecule has 0 unspecified atom stereocenters. The summed E-state index contributed by atoms with van der Waals surface area (Å²) in [4.78, 5) is 26.4. The van der Waals surface area contributed by atoms with Gasteiger partial charge in [-0.15, -0.1) is 0 Å². The van der Waals surface area contributed by atoms with Crippen molar-refractivity contribution in [2.24, 2.45) is 0 Å². The van der Waals surface area contributed by atoms with Crippen LogP contribution in [0.5, 0.6) is 0 Å². The third-order valence-electron chi connectivity index (χ3n) is 4.17. The van der Waals surface area contributed by atoms with Gasteiger partial charge in [-0.2, -0.15) is 0 Å². The fourth-order valence-corrected chi connectivity index (χ4v) is 2.69. The molecule has 1 rings (SSSR count). The van der Waals surface area contributed by atoms with Crippen molar-refractivity contribution in [3.8, 4) is 0 Å². The molecule has 5 heteroatoms. The molecule has 116 valence electrons. The number of rotatable bonds is 8. The minimum atomic E-state index is -0.694. The Hall–Kier alpha value is -1.10. The van der Waals surface area contributed by atoms with Crippen LogP contribution in [-0.4, -0.2) is 49.1 Å². The van der Waals surface area contributed by atoms with Gasteiger partial charge in [0.1, 0.15) is 5.54 Å². The van der Waals surface area contributed by atoms with Gasteiger partial charge < -0.3 is 15.0 Å². The summed E-state index contributed by atoms with van der Waals surface area (Å²) in [5.74, 6) is 0.0732. The van der Waals surface area contributed by atoms with Crippen molar-refractivity contribution in [3.63, 3.8) is 0 Å². The number of hydrogen-bond donors (Lipinski definition) is 1. The van der Waals surface area contributed by atoms with Gasteiger partial charge in [-0.25, -0.2) is 0 Å². The number of ether oxygens (including phenoxy) is 1. The number of hydrogen-bond acceptors (Lipinski definition) is 3. The average Bonchev–Trinajstić information content (AvgIpc) is 2.58. The smallest absolute Gasteiger partial charge is 0.248 e. The first kappa shape index (κ1) is 17.0. The maximum absolute atomic E-state index is 12.7. The second-order valence-electron chi connectivity index (χ2n) is 5.43. The molecule has 0 aliphatic carbocycles. The van der Waals surface area contributed by atoms with Crippen molar-refractivity contribution in [1.29, 1.82) is 0 Å². The van der Waals surface area contributed by atoms with Crippen molar-refractivity contribution < 1.29 is 14.3 Å². The molecule has 1 N–H and O–H groups in total. The molecule has 0 spiro atoms. The second kappa shape index (κ2) is 8.25.